The molecule has 0 saturated carbocycles. The van der Waals surface area contributed by atoms with E-state index in [9.17, 15) is 0 Å². The number of nitrogens with zero attached hydrogens (tertiary/aromatic N) is 3. The average Bonchev–Trinajstić information content (AvgIpc) is 3.90. The van der Waals surface area contributed by atoms with Crippen LogP contribution in [-0.2, 0) is 5.41 Å². The highest BCUT2D eigenvalue weighted by Gasteiger charge is 2.40. The second-order valence-corrected chi connectivity index (χ2v) is 15.6. The van der Waals surface area contributed by atoms with Gasteiger partial charge in [0.05, 0.1) is 11.0 Å². The Labute approximate surface area is 302 Å². The summed E-state index contributed by atoms with van der Waals surface area (Å²) < 4.78 is 11.7. The van der Waals surface area contributed by atoms with Crippen LogP contribution in [0.2, 0.25) is 0 Å². The average molecular weight is 684 g/mol. The van der Waals surface area contributed by atoms with E-state index in [0.29, 0.717) is 11.5 Å². The molecule has 0 atom stereocenters. The topological polar surface area (TPSA) is 43.9 Å². The second-order valence-electron chi connectivity index (χ2n) is 14.5. The molecule has 12 rings (SSSR count). The van der Waals surface area contributed by atoms with Crippen molar-refractivity contribution < 1.29 is 4.42 Å². The summed E-state index contributed by atoms with van der Waals surface area (Å²) in [7, 11) is 0. The Morgan fingerprint density at radius 2 is 1.31 bits per heavy atom. The molecule has 1 aliphatic carbocycles. The van der Waals surface area contributed by atoms with E-state index in [-0.39, 0.29) is 5.41 Å². The van der Waals surface area contributed by atoms with Crippen LogP contribution < -0.4 is 0 Å². The number of hydrogen-bond donors (Lipinski definition) is 0. The molecule has 0 fully saturated rings. The molecule has 1 aliphatic rings. The minimum absolute atomic E-state index is 0.211. The lowest BCUT2D eigenvalue weighted by Crippen LogP contribution is -2.15. The summed E-state index contributed by atoms with van der Waals surface area (Å²) in [6.07, 6.45) is 0. The zero-order valence-corrected chi connectivity index (χ0v) is 29.3. The van der Waals surface area contributed by atoms with Crippen LogP contribution in [0.4, 0.5) is 0 Å². The van der Waals surface area contributed by atoms with Gasteiger partial charge in [-0.2, -0.15) is 0 Å². The van der Waals surface area contributed by atoms with Crippen LogP contribution in [0.15, 0.2) is 144 Å². The maximum absolute atomic E-state index is 6.79. The van der Waals surface area contributed by atoms with Crippen LogP contribution in [0.25, 0.3) is 103 Å². The van der Waals surface area contributed by atoms with E-state index >= 15 is 0 Å². The van der Waals surface area contributed by atoms with E-state index in [2.05, 4.69) is 146 Å². The highest BCUT2D eigenvalue weighted by atomic mass is 32.1. The van der Waals surface area contributed by atoms with Crippen LogP contribution >= 0.6 is 11.3 Å². The molecule has 4 nitrogen and oxygen atoms in total. The molecule has 52 heavy (non-hydrogen) atoms. The fraction of sp³-hybridized carbons (Fsp3) is 0.0638. The highest BCUT2D eigenvalue weighted by molar-refractivity contribution is 7.26. The van der Waals surface area contributed by atoms with Gasteiger partial charge in [0.25, 0.3) is 0 Å². The third-order valence-corrected chi connectivity index (χ3v) is 12.6. The number of hydrogen-bond acceptors (Lipinski definition) is 4. The van der Waals surface area contributed by atoms with Gasteiger partial charge in [0.1, 0.15) is 16.8 Å². The summed E-state index contributed by atoms with van der Waals surface area (Å²) in [6, 6.07) is 50.1. The summed E-state index contributed by atoms with van der Waals surface area (Å²) in [5, 5.41) is 8.25. The van der Waals surface area contributed by atoms with Crippen molar-refractivity contribution in [1.29, 1.82) is 0 Å². The molecule has 4 aromatic heterocycles. The van der Waals surface area contributed by atoms with E-state index in [1.165, 1.54) is 64.0 Å². The lowest BCUT2D eigenvalue weighted by Gasteiger charge is -2.22. The number of aromatic nitrogens is 3. The van der Waals surface area contributed by atoms with Crippen LogP contribution in [0.3, 0.4) is 0 Å². The van der Waals surface area contributed by atoms with E-state index in [0.717, 1.165) is 38.8 Å². The van der Waals surface area contributed by atoms with Crippen molar-refractivity contribution >= 4 is 86.2 Å². The molecule has 0 bridgehead atoms. The first kappa shape index (κ1) is 28.4. The quantitative estimate of drug-likeness (QED) is 0.182. The van der Waals surface area contributed by atoms with Crippen molar-refractivity contribution in [1.82, 2.24) is 14.5 Å². The molecule has 7 aromatic carbocycles. The van der Waals surface area contributed by atoms with Gasteiger partial charge in [-0.05, 0) is 75.5 Å². The molecule has 0 unspecified atom stereocenters. The molecular formula is C47H29N3OS. The van der Waals surface area contributed by atoms with Gasteiger partial charge in [0.15, 0.2) is 5.58 Å². The van der Waals surface area contributed by atoms with Crippen molar-refractivity contribution in [2.45, 2.75) is 19.3 Å². The normalized spacial score (nSPS) is 13.7. The Kier molecular flexibility index (Phi) is 5.43. The predicted octanol–water partition coefficient (Wildman–Crippen LogP) is 13.0. The van der Waals surface area contributed by atoms with Gasteiger partial charge in [-0.25, -0.2) is 9.97 Å². The van der Waals surface area contributed by atoms with E-state index in [4.69, 9.17) is 14.4 Å². The largest absolute Gasteiger partial charge is 0.452 e. The summed E-state index contributed by atoms with van der Waals surface area (Å²) >= 11 is 1.90. The van der Waals surface area contributed by atoms with Gasteiger partial charge >= 0.3 is 0 Å². The third kappa shape index (κ3) is 3.60. The number of para-hydroxylation sites is 2. The lowest BCUT2D eigenvalue weighted by molar-refractivity contribution is 0.665. The summed E-state index contributed by atoms with van der Waals surface area (Å²) in [4.78, 5) is 11.0. The molecule has 0 saturated heterocycles. The molecular weight excluding hydrogens is 655 g/mol. The molecule has 5 heteroatoms. The van der Waals surface area contributed by atoms with E-state index in [1.807, 2.05) is 23.5 Å². The number of fused-ring (bicyclic) bond motifs is 14. The Bertz CT molecular complexity index is 3340. The number of thiophene rings is 1. The van der Waals surface area contributed by atoms with Gasteiger partial charge < -0.3 is 4.42 Å². The maximum atomic E-state index is 6.79. The third-order valence-electron chi connectivity index (χ3n) is 11.4. The van der Waals surface area contributed by atoms with Gasteiger partial charge in [-0.15, -0.1) is 11.3 Å². The van der Waals surface area contributed by atoms with Gasteiger partial charge in [-0.3, -0.25) is 4.57 Å². The maximum Gasteiger partial charge on any atom is 0.236 e. The number of benzene rings is 7. The molecule has 0 N–H and O–H groups in total. The Morgan fingerprint density at radius 1 is 0.596 bits per heavy atom. The standard InChI is InChI=1S/C47H29N3OS/c1-47(2)35-19-9-5-17-30(35)40-34(25-33-29-16-8-12-22-39(29)52-45(33)41(40)47)43-44-42(31-18-7-11-21-38(31)51-44)48-46(49-43)50-36-20-10-6-15-28(36)32-23-26-13-3-4-14-27(26)24-37(32)50/h3-25H,1-2H3. The molecule has 11 aromatic rings. The summed E-state index contributed by atoms with van der Waals surface area (Å²) in [5.74, 6) is 0.630. The Morgan fingerprint density at radius 3 is 2.19 bits per heavy atom. The fourth-order valence-corrected chi connectivity index (χ4v) is 10.4. The van der Waals surface area contributed by atoms with Gasteiger partial charge in [0, 0.05) is 47.3 Å². The zero-order chi connectivity index (χ0) is 34.3. The fourth-order valence-electron chi connectivity index (χ4n) is 9.04. The molecule has 0 amide bonds. The second kappa shape index (κ2) is 9.93. The first-order chi connectivity index (χ1) is 25.5. The number of furan rings is 1. The molecule has 0 aliphatic heterocycles. The predicted molar refractivity (Wildman–Crippen MR) is 217 cm³/mol. The van der Waals surface area contributed by atoms with Crippen LogP contribution in [0, 0.1) is 0 Å². The Balaban J connectivity index is 1.28. The smallest absolute Gasteiger partial charge is 0.236 e. The minimum atomic E-state index is -0.211. The van der Waals surface area contributed by atoms with Crippen LogP contribution in [0.1, 0.15) is 25.0 Å². The monoisotopic (exact) mass is 683 g/mol. The highest BCUT2D eigenvalue weighted by Crippen LogP contribution is 2.57. The van der Waals surface area contributed by atoms with Gasteiger partial charge in [-0.1, -0.05) is 111 Å². The van der Waals surface area contributed by atoms with Crippen molar-refractivity contribution in [2.24, 2.45) is 0 Å². The SMILES string of the molecule is CC1(C)c2ccccc2-c2c(-c3nc(-n4c5ccccc5c5cc6ccccc6cc54)nc4c3oc3ccccc34)cc3c(sc4ccccc43)c21. The molecule has 244 valence electrons. The Hall–Kier alpha value is -6.30. The first-order valence-electron chi connectivity index (χ1n) is 17.8. The summed E-state index contributed by atoms with van der Waals surface area (Å²) in [6.45, 7) is 4.74. The molecule has 4 heterocycles. The minimum Gasteiger partial charge on any atom is -0.452 e. The van der Waals surface area contributed by atoms with E-state index in [1.54, 1.807) is 0 Å². The van der Waals surface area contributed by atoms with E-state index < -0.39 is 0 Å². The van der Waals surface area contributed by atoms with Crippen molar-refractivity contribution in [3.05, 3.63) is 151 Å². The van der Waals surface area contributed by atoms with Gasteiger partial charge in [0.2, 0.25) is 5.95 Å². The van der Waals surface area contributed by atoms with Crippen LogP contribution in [-0.4, -0.2) is 14.5 Å². The lowest BCUT2D eigenvalue weighted by atomic mass is 9.81. The summed E-state index contributed by atoms with van der Waals surface area (Å²) in [5.41, 5.74) is 11.3. The molecule has 0 spiro atoms. The first-order valence-corrected chi connectivity index (χ1v) is 18.6. The van der Waals surface area contributed by atoms with Crippen molar-refractivity contribution in [3.63, 3.8) is 0 Å². The zero-order valence-electron chi connectivity index (χ0n) is 28.4. The number of rotatable bonds is 2. The molecule has 0 radical (unpaired) electrons. The van der Waals surface area contributed by atoms with Crippen molar-refractivity contribution in [2.75, 3.05) is 0 Å². The van der Waals surface area contributed by atoms with Crippen molar-refractivity contribution in [3.8, 4) is 28.3 Å². The van der Waals surface area contributed by atoms with Crippen LogP contribution in [0.5, 0.6) is 0 Å².